The molecule has 114 valence electrons. The van der Waals surface area contributed by atoms with Crippen LogP contribution in [0.5, 0.6) is 0 Å². The maximum absolute atomic E-state index is 12.2. The van der Waals surface area contributed by atoms with Gasteiger partial charge in [0.25, 0.3) is 10.0 Å². The van der Waals surface area contributed by atoms with Gasteiger partial charge in [-0.3, -0.25) is 0 Å². The molecule has 0 aliphatic rings. The van der Waals surface area contributed by atoms with Crippen molar-refractivity contribution in [2.75, 3.05) is 18.4 Å². The summed E-state index contributed by atoms with van der Waals surface area (Å²) in [4.78, 5) is 4.00. The van der Waals surface area contributed by atoms with Crippen LogP contribution < -0.4 is 10.0 Å². The third-order valence-corrected chi connectivity index (χ3v) is 4.26. The zero-order valence-corrected chi connectivity index (χ0v) is 13.3. The maximum atomic E-state index is 12.2. The Kier molecular flexibility index (Phi) is 6.95. The second kappa shape index (κ2) is 8.21. The molecule has 1 rings (SSSR count). The molecule has 0 fully saturated rings. The number of hydrogen-bond acceptors (Lipinski definition) is 4. The summed E-state index contributed by atoms with van der Waals surface area (Å²) in [7, 11) is -3.54. The fraction of sp³-hybridized carbons (Fsp3) is 0.643. The predicted octanol–water partition coefficient (Wildman–Crippen LogP) is 2.62. The Morgan fingerprint density at radius 3 is 2.70 bits per heavy atom. The Labute approximate surface area is 122 Å². The molecular formula is C14H25N3O2S. The van der Waals surface area contributed by atoms with E-state index in [0.29, 0.717) is 18.2 Å². The van der Waals surface area contributed by atoms with Crippen LogP contribution in [-0.4, -0.2) is 26.5 Å². The van der Waals surface area contributed by atoms with Gasteiger partial charge in [0.05, 0.1) is 5.69 Å². The van der Waals surface area contributed by atoms with Crippen LogP contribution in [0, 0.1) is 5.92 Å². The number of aromatic nitrogens is 1. The molecule has 0 saturated carbocycles. The highest BCUT2D eigenvalue weighted by molar-refractivity contribution is 7.89. The molecule has 6 heteroatoms. The summed E-state index contributed by atoms with van der Waals surface area (Å²) in [5.74, 6) is 0.580. The van der Waals surface area contributed by atoms with E-state index in [0.717, 1.165) is 25.8 Å². The first-order valence-corrected chi connectivity index (χ1v) is 8.64. The van der Waals surface area contributed by atoms with Crippen LogP contribution in [0.4, 0.5) is 5.69 Å². The van der Waals surface area contributed by atoms with E-state index >= 15 is 0 Å². The summed E-state index contributed by atoms with van der Waals surface area (Å²) >= 11 is 0. The Bertz CT molecular complexity index is 501. The van der Waals surface area contributed by atoms with Gasteiger partial charge >= 0.3 is 0 Å². The second-order valence-electron chi connectivity index (χ2n) is 5.22. The normalized spacial score (nSPS) is 11.8. The fourth-order valence-electron chi connectivity index (χ4n) is 1.78. The SMILES string of the molecule is CCCNc1cccnc1S(=O)(=O)NCCCC(C)C. The van der Waals surface area contributed by atoms with Crippen LogP contribution in [0.15, 0.2) is 23.4 Å². The molecule has 0 amide bonds. The maximum Gasteiger partial charge on any atom is 0.260 e. The quantitative estimate of drug-likeness (QED) is 0.688. The van der Waals surface area contributed by atoms with Crippen LogP contribution >= 0.6 is 0 Å². The van der Waals surface area contributed by atoms with Crippen LogP contribution in [0.3, 0.4) is 0 Å². The standard InChI is InChI=1S/C14H25N3O2S/c1-4-9-15-13-8-6-10-16-14(13)20(18,19)17-11-5-7-12(2)3/h6,8,10,12,15,17H,4-5,7,9,11H2,1-3H3. The topological polar surface area (TPSA) is 71.1 Å². The minimum Gasteiger partial charge on any atom is -0.383 e. The van der Waals surface area contributed by atoms with Gasteiger partial charge in [-0.1, -0.05) is 20.8 Å². The molecule has 0 spiro atoms. The van der Waals surface area contributed by atoms with Gasteiger partial charge in [-0.15, -0.1) is 0 Å². The highest BCUT2D eigenvalue weighted by atomic mass is 32.2. The Hall–Kier alpha value is -1.14. The van der Waals surface area contributed by atoms with E-state index in [2.05, 4.69) is 28.9 Å². The molecule has 0 atom stereocenters. The summed E-state index contributed by atoms with van der Waals surface area (Å²) in [6.45, 7) is 7.45. The molecule has 0 saturated heterocycles. The predicted molar refractivity (Wildman–Crippen MR) is 82.3 cm³/mol. The number of anilines is 1. The smallest absolute Gasteiger partial charge is 0.260 e. The van der Waals surface area contributed by atoms with E-state index in [1.165, 1.54) is 6.20 Å². The van der Waals surface area contributed by atoms with E-state index in [4.69, 9.17) is 0 Å². The van der Waals surface area contributed by atoms with Crippen LogP contribution in [-0.2, 0) is 10.0 Å². The molecule has 1 heterocycles. The van der Waals surface area contributed by atoms with Crippen molar-refractivity contribution in [3.05, 3.63) is 18.3 Å². The second-order valence-corrected chi connectivity index (χ2v) is 6.90. The lowest BCUT2D eigenvalue weighted by Crippen LogP contribution is -2.27. The lowest BCUT2D eigenvalue weighted by Gasteiger charge is -2.12. The average Bonchev–Trinajstić information content (AvgIpc) is 2.41. The van der Waals surface area contributed by atoms with Crippen LogP contribution in [0.25, 0.3) is 0 Å². The molecule has 1 aromatic heterocycles. The number of pyridine rings is 1. The number of nitrogens with zero attached hydrogens (tertiary/aromatic N) is 1. The molecule has 0 unspecified atom stereocenters. The number of rotatable bonds is 9. The third kappa shape index (κ3) is 5.46. The minimum absolute atomic E-state index is 0.0815. The van der Waals surface area contributed by atoms with Crippen molar-refractivity contribution in [1.82, 2.24) is 9.71 Å². The van der Waals surface area contributed by atoms with Gasteiger partial charge in [-0.25, -0.2) is 18.1 Å². The van der Waals surface area contributed by atoms with Gasteiger partial charge in [-0.2, -0.15) is 0 Å². The first-order valence-electron chi connectivity index (χ1n) is 7.16. The number of nitrogens with one attached hydrogen (secondary N) is 2. The summed E-state index contributed by atoms with van der Waals surface area (Å²) < 4.78 is 27.1. The van der Waals surface area contributed by atoms with E-state index in [9.17, 15) is 8.42 Å². The Morgan fingerprint density at radius 1 is 1.30 bits per heavy atom. The summed E-state index contributed by atoms with van der Waals surface area (Å²) in [5.41, 5.74) is 0.561. The van der Waals surface area contributed by atoms with Gasteiger partial charge < -0.3 is 5.32 Å². The first kappa shape index (κ1) is 16.9. The fourth-order valence-corrected chi connectivity index (χ4v) is 2.96. The average molecular weight is 299 g/mol. The summed E-state index contributed by atoms with van der Waals surface area (Å²) in [5, 5.41) is 3.18. The van der Waals surface area contributed by atoms with Gasteiger partial charge in [0.1, 0.15) is 0 Å². The highest BCUT2D eigenvalue weighted by Crippen LogP contribution is 2.17. The van der Waals surface area contributed by atoms with Crippen LogP contribution in [0.1, 0.15) is 40.0 Å². The lowest BCUT2D eigenvalue weighted by molar-refractivity contribution is 0.538. The molecule has 2 N–H and O–H groups in total. The summed E-state index contributed by atoms with van der Waals surface area (Å²) in [6.07, 6.45) is 4.27. The third-order valence-electron chi connectivity index (χ3n) is 2.84. The van der Waals surface area contributed by atoms with Gasteiger partial charge in [-0.05, 0) is 37.3 Å². The van der Waals surface area contributed by atoms with Crippen molar-refractivity contribution in [1.29, 1.82) is 0 Å². The molecule has 0 aliphatic carbocycles. The molecule has 5 nitrogen and oxygen atoms in total. The number of hydrogen-bond donors (Lipinski definition) is 2. The molecular weight excluding hydrogens is 274 g/mol. The van der Waals surface area contributed by atoms with Crippen molar-refractivity contribution < 1.29 is 8.42 Å². The van der Waals surface area contributed by atoms with Gasteiger partial charge in [0, 0.05) is 19.3 Å². The van der Waals surface area contributed by atoms with E-state index in [-0.39, 0.29) is 5.03 Å². The van der Waals surface area contributed by atoms with Crippen molar-refractivity contribution in [2.45, 2.75) is 45.1 Å². The monoisotopic (exact) mass is 299 g/mol. The molecule has 0 radical (unpaired) electrons. The molecule has 0 bridgehead atoms. The summed E-state index contributed by atoms with van der Waals surface area (Å²) in [6, 6.07) is 3.47. The molecule has 1 aromatic rings. The van der Waals surface area contributed by atoms with Crippen molar-refractivity contribution in [3.8, 4) is 0 Å². The van der Waals surface area contributed by atoms with E-state index < -0.39 is 10.0 Å². The first-order chi connectivity index (χ1) is 9.47. The molecule has 0 aromatic carbocycles. The van der Waals surface area contributed by atoms with Crippen molar-refractivity contribution >= 4 is 15.7 Å². The number of sulfonamides is 1. The largest absolute Gasteiger partial charge is 0.383 e. The molecule has 0 aliphatic heterocycles. The van der Waals surface area contributed by atoms with Crippen LogP contribution in [0.2, 0.25) is 0 Å². The van der Waals surface area contributed by atoms with Crippen molar-refractivity contribution in [2.24, 2.45) is 5.92 Å². The zero-order valence-electron chi connectivity index (χ0n) is 12.5. The van der Waals surface area contributed by atoms with E-state index in [1.807, 2.05) is 6.92 Å². The zero-order chi connectivity index (χ0) is 15.0. The van der Waals surface area contributed by atoms with Crippen molar-refractivity contribution in [3.63, 3.8) is 0 Å². The van der Waals surface area contributed by atoms with E-state index in [1.54, 1.807) is 12.1 Å². The van der Waals surface area contributed by atoms with Gasteiger partial charge in [0.15, 0.2) is 5.03 Å². The Balaban J connectivity index is 2.71. The lowest BCUT2D eigenvalue weighted by atomic mass is 10.1. The highest BCUT2D eigenvalue weighted by Gasteiger charge is 2.19. The minimum atomic E-state index is -3.54. The Morgan fingerprint density at radius 2 is 2.05 bits per heavy atom. The molecule has 20 heavy (non-hydrogen) atoms. The van der Waals surface area contributed by atoms with Gasteiger partial charge in [0.2, 0.25) is 0 Å².